The number of aromatic nitrogens is 2. The van der Waals surface area contributed by atoms with Crippen LogP contribution in [0.5, 0.6) is 0 Å². The van der Waals surface area contributed by atoms with Crippen LogP contribution in [0.15, 0.2) is 28.8 Å². The summed E-state index contributed by atoms with van der Waals surface area (Å²) in [6, 6.07) is 7.96. The van der Waals surface area contributed by atoms with E-state index in [1.807, 2.05) is 26.0 Å². The molecule has 0 spiro atoms. The second kappa shape index (κ2) is 6.68. The molecule has 0 fully saturated rings. The summed E-state index contributed by atoms with van der Waals surface area (Å²) in [5, 5.41) is 3.98. The van der Waals surface area contributed by atoms with Crippen molar-refractivity contribution in [2.75, 3.05) is 0 Å². The fourth-order valence-electron chi connectivity index (χ4n) is 1.66. The molecule has 19 heavy (non-hydrogen) atoms. The third kappa shape index (κ3) is 3.55. The van der Waals surface area contributed by atoms with E-state index in [9.17, 15) is 0 Å². The summed E-state index contributed by atoms with van der Waals surface area (Å²) >= 11 is 0. The number of hydrogen-bond donors (Lipinski definition) is 1. The van der Waals surface area contributed by atoms with Crippen LogP contribution in [-0.2, 0) is 6.42 Å². The van der Waals surface area contributed by atoms with E-state index in [1.54, 1.807) is 0 Å². The van der Waals surface area contributed by atoms with E-state index >= 15 is 0 Å². The number of halogens is 1. The lowest BCUT2D eigenvalue weighted by molar-refractivity contribution is 0.325. The first-order chi connectivity index (χ1) is 8.61. The monoisotopic (exact) mass is 281 g/mol. The largest absolute Gasteiger partial charge is 0.337 e. The Labute approximate surface area is 119 Å². The summed E-state index contributed by atoms with van der Waals surface area (Å²) in [6.07, 6.45) is 1.02. The normalized spacial score (nSPS) is 12.3. The van der Waals surface area contributed by atoms with E-state index in [1.165, 1.54) is 5.56 Å². The molecule has 0 aliphatic heterocycles. The molecule has 0 bridgehead atoms. The average Bonchev–Trinajstić information content (AvgIpc) is 2.87. The van der Waals surface area contributed by atoms with Crippen LogP contribution >= 0.6 is 12.4 Å². The zero-order valence-electron chi connectivity index (χ0n) is 11.5. The molecule has 0 saturated heterocycles. The number of hydrogen-bond acceptors (Lipinski definition) is 4. The third-order valence-electron chi connectivity index (χ3n) is 3.07. The summed E-state index contributed by atoms with van der Waals surface area (Å²) < 4.78 is 5.21. The Morgan fingerprint density at radius 2 is 1.84 bits per heavy atom. The fraction of sp³-hybridized carbons (Fsp3) is 0.429. The highest BCUT2D eigenvalue weighted by Crippen LogP contribution is 2.21. The molecule has 5 heteroatoms. The Kier molecular flexibility index (Phi) is 5.51. The Bertz CT molecular complexity index is 508. The maximum Gasteiger partial charge on any atom is 0.244 e. The number of benzene rings is 1. The SMILES string of the molecule is CCc1ccc(-c2noc([C@@H](N)C(C)C)n2)cc1.Cl. The highest BCUT2D eigenvalue weighted by atomic mass is 35.5. The van der Waals surface area contributed by atoms with E-state index in [0.717, 1.165) is 12.0 Å². The Balaban J connectivity index is 0.00000180. The van der Waals surface area contributed by atoms with Crippen LogP contribution in [0.3, 0.4) is 0 Å². The van der Waals surface area contributed by atoms with Gasteiger partial charge in [0.25, 0.3) is 0 Å². The first kappa shape index (κ1) is 15.7. The van der Waals surface area contributed by atoms with Crippen molar-refractivity contribution < 1.29 is 4.52 Å². The summed E-state index contributed by atoms with van der Waals surface area (Å²) in [4.78, 5) is 4.35. The first-order valence-corrected chi connectivity index (χ1v) is 6.30. The molecule has 0 unspecified atom stereocenters. The molecular weight excluding hydrogens is 262 g/mol. The number of nitrogens with zero attached hydrogens (tertiary/aromatic N) is 2. The van der Waals surface area contributed by atoms with Crippen LogP contribution < -0.4 is 5.73 Å². The van der Waals surface area contributed by atoms with Gasteiger partial charge in [0.1, 0.15) is 0 Å². The minimum Gasteiger partial charge on any atom is -0.337 e. The molecule has 0 aliphatic rings. The lowest BCUT2D eigenvalue weighted by Gasteiger charge is -2.09. The van der Waals surface area contributed by atoms with Crippen molar-refractivity contribution in [1.29, 1.82) is 0 Å². The number of aryl methyl sites for hydroxylation is 1. The van der Waals surface area contributed by atoms with Gasteiger partial charge >= 0.3 is 0 Å². The van der Waals surface area contributed by atoms with Crippen molar-refractivity contribution >= 4 is 12.4 Å². The summed E-state index contributed by atoms with van der Waals surface area (Å²) in [5.74, 6) is 1.38. The molecule has 4 nitrogen and oxygen atoms in total. The first-order valence-electron chi connectivity index (χ1n) is 6.30. The quantitative estimate of drug-likeness (QED) is 0.933. The lowest BCUT2D eigenvalue weighted by atomic mass is 10.1. The van der Waals surface area contributed by atoms with Gasteiger partial charge in [0.2, 0.25) is 11.7 Å². The minimum absolute atomic E-state index is 0. The fourth-order valence-corrected chi connectivity index (χ4v) is 1.66. The summed E-state index contributed by atoms with van der Waals surface area (Å²) in [5.41, 5.74) is 8.23. The van der Waals surface area contributed by atoms with Gasteiger partial charge in [-0.25, -0.2) is 0 Å². The molecule has 2 rings (SSSR count). The highest BCUT2D eigenvalue weighted by molar-refractivity contribution is 5.85. The maximum absolute atomic E-state index is 5.98. The molecule has 0 saturated carbocycles. The molecule has 0 radical (unpaired) electrons. The lowest BCUT2D eigenvalue weighted by Crippen LogP contribution is -2.16. The van der Waals surface area contributed by atoms with Crippen LogP contribution in [0.1, 0.15) is 38.3 Å². The maximum atomic E-state index is 5.98. The summed E-state index contributed by atoms with van der Waals surface area (Å²) in [6.45, 7) is 6.19. The third-order valence-corrected chi connectivity index (χ3v) is 3.07. The molecule has 104 valence electrons. The van der Waals surface area contributed by atoms with E-state index in [4.69, 9.17) is 10.3 Å². The van der Waals surface area contributed by atoms with Gasteiger partial charge in [0, 0.05) is 5.56 Å². The second-order valence-electron chi connectivity index (χ2n) is 4.78. The number of rotatable bonds is 4. The summed E-state index contributed by atoms with van der Waals surface area (Å²) in [7, 11) is 0. The standard InChI is InChI=1S/C14H19N3O.ClH/c1-4-10-5-7-11(8-6-10)13-16-14(18-17-13)12(15)9(2)3;/h5-9,12H,4,15H2,1-3H3;1H/t12-;/m0./s1. The van der Waals surface area contributed by atoms with Crippen LogP contribution in [0.2, 0.25) is 0 Å². The highest BCUT2D eigenvalue weighted by Gasteiger charge is 2.18. The molecule has 2 aromatic rings. The van der Waals surface area contributed by atoms with Crippen LogP contribution in [0.25, 0.3) is 11.4 Å². The minimum atomic E-state index is -0.207. The van der Waals surface area contributed by atoms with Gasteiger partial charge in [0.15, 0.2) is 0 Å². The van der Waals surface area contributed by atoms with Gasteiger partial charge in [-0.3, -0.25) is 0 Å². The molecule has 1 aromatic carbocycles. The van der Waals surface area contributed by atoms with Crippen molar-refractivity contribution in [3.63, 3.8) is 0 Å². The molecular formula is C14H20ClN3O. The van der Waals surface area contributed by atoms with Crippen LogP contribution in [0, 0.1) is 5.92 Å². The van der Waals surface area contributed by atoms with Crippen LogP contribution in [-0.4, -0.2) is 10.1 Å². The van der Waals surface area contributed by atoms with Gasteiger partial charge in [-0.05, 0) is 17.9 Å². The Morgan fingerprint density at radius 1 is 1.21 bits per heavy atom. The van der Waals surface area contributed by atoms with Crippen molar-refractivity contribution in [2.24, 2.45) is 11.7 Å². The van der Waals surface area contributed by atoms with Gasteiger partial charge in [-0.1, -0.05) is 50.2 Å². The molecule has 0 amide bonds. The van der Waals surface area contributed by atoms with E-state index in [0.29, 0.717) is 11.7 Å². The van der Waals surface area contributed by atoms with E-state index in [-0.39, 0.29) is 24.4 Å². The van der Waals surface area contributed by atoms with E-state index < -0.39 is 0 Å². The van der Waals surface area contributed by atoms with Gasteiger partial charge in [0.05, 0.1) is 6.04 Å². The number of nitrogens with two attached hydrogens (primary N) is 1. The predicted octanol–water partition coefficient (Wildman–Crippen LogP) is 3.38. The molecule has 2 N–H and O–H groups in total. The van der Waals surface area contributed by atoms with Gasteiger partial charge in [-0.15, -0.1) is 12.4 Å². The van der Waals surface area contributed by atoms with Crippen molar-refractivity contribution in [3.8, 4) is 11.4 Å². The topological polar surface area (TPSA) is 64.9 Å². The van der Waals surface area contributed by atoms with Crippen molar-refractivity contribution in [1.82, 2.24) is 10.1 Å². The smallest absolute Gasteiger partial charge is 0.244 e. The van der Waals surface area contributed by atoms with Gasteiger partial charge in [-0.2, -0.15) is 4.98 Å². The van der Waals surface area contributed by atoms with E-state index in [2.05, 4.69) is 29.2 Å². The van der Waals surface area contributed by atoms with Crippen molar-refractivity contribution in [3.05, 3.63) is 35.7 Å². The Morgan fingerprint density at radius 3 is 2.37 bits per heavy atom. The molecule has 1 heterocycles. The zero-order chi connectivity index (χ0) is 13.1. The van der Waals surface area contributed by atoms with Gasteiger partial charge < -0.3 is 10.3 Å². The average molecular weight is 282 g/mol. The van der Waals surface area contributed by atoms with Crippen molar-refractivity contribution in [2.45, 2.75) is 33.2 Å². The molecule has 0 aliphatic carbocycles. The molecule has 1 atom stereocenters. The predicted molar refractivity (Wildman–Crippen MR) is 78.1 cm³/mol. The molecule has 1 aromatic heterocycles. The second-order valence-corrected chi connectivity index (χ2v) is 4.78. The Hall–Kier alpha value is -1.39. The van der Waals surface area contributed by atoms with Crippen LogP contribution in [0.4, 0.5) is 0 Å². The zero-order valence-corrected chi connectivity index (χ0v) is 12.3.